The Balaban J connectivity index is 1.99. The molecule has 0 atom stereocenters. The molecule has 0 radical (unpaired) electrons. The minimum atomic E-state index is 0.295. The van der Waals surface area contributed by atoms with Crippen molar-refractivity contribution in [2.75, 3.05) is 18.7 Å². The fourth-order valence-corrected chi connectivity index (χ4v) is 1.73. The highest BCUT2D eigenvalue weighted by Crippen LogP contribution is 2.35. The van der Waals surface area contributed by atoms with Crippen LogP contribution in [0.15, 0.2) is 12.1 Å². The van der Waals surface area contributed by atoms with E-state index in [2.05, 4.69) is 22.2 Å². The molecule has 0 fully saturated rings. The van der Waals surface area contributed by atoms with Crippen LogP contribution in [0.5, 0.6) is 11.5 Å². The average Bonchev–Trinajstić information content (AvgIpc) is 2.87. The molecule has 2 aromatic rings. The molecule has 0 saturated heterocycles. The van der Waals surface area contributed by atoms with Crippen LogP contribution in [0.2, 0.25) is 0 Å². The molecule has 1 aromatic carbocycles. The Kier molecular flexibility index (Phi) is 2.09. The van der Waals surface area contributed by atoms with Crippen molar-refractivity contribution in [1.82, 2.24) is 9.97 Å². The molecule has 5 heteroatoms. The summed E-state index contributed by atoms with van der Waals surface area (Å²) in [5, 5.41) is 3.21. The predicted molar refractivity (Wildman–Crippen MR) is 61.0 cm³/mol. The quantitative estimate of drug-likeness (QED) is 0.830. The number of fused-ring (bicyclic) bond motifs is 2. The Bertz CT molecular complexity index is 480. The van der Waals surface area contributed by atoms with Crippen molar-refractivity contribution in [3.05, 3.63) is 12.1 Å². The fourth-order valence-electron chi connectivity index (χ4n) is 1.73. The molecule has 84 valence electrons. The number of aromatic nitrogens is 2. The Morgan fingerprint density at radius 1 is 1.38 bits per heavy atom. The molecule has 1 aliphatic rings. The molecule has 5 nitrogen and oxygen atoms in total. The zero-order valence-electron chi connectivity index (χ0n) is 9.04. The first kappa shape index (κ1) is 9.33. The SMILES string of the molecule is CCCNc1nc2cc3c(cc2[nH]1)OCO3. The van der Waals surface area contributed by atoms with Crippen molar-refractivity contribution in [3.8, 4) is 11.5 Å². The summed E-state index contributed by atoms with van der Waals surface area (Å²) in [5.41, 5.74) is 1.85. The van der Waals surface area contributed by atoms with E-state index in [9.17, 15) is 0 Å². The topological polar surface area (TPSA) is 59.2 Å². The van der Waals surface area contributed by atoms with E-state index < -0.39 is 0 Å². The molecule has 0 aliphatic carbocycles. The second-order valence-electron chi connectivity index (χ2n) is 3.73. The molecule has 0 spiro atoms. The van der Waals surface area contributed by atoms with Gasteiger partial charge in [-0.2, -0.15) is 0 Å². The molecule has 0 bridgehead atoms. The number of anilines is 1. The summed E-state index contributed by atoms with van der Waals surface area (Å²) >= 11 is 0. The maximum atomic E-state index is 5.31. The smallest absolute Gasteiger partial charge is 0.231 e. The van der Waals surface area contributed by atoms with Crippen LogP contribution in [-0.2, 0) is 0 Å². The summed E-state index contributed by atoms with van der Waals surface area (Å²) in [6.45, 7) is 3.32. The van der Waals surface area contributed by atoms with Gasteiger partial charge in [0.05, 0.1) is 11.0 Å². The van der Waals surface area contributed by atoms with Crippen LogP contribution in [0.1, 0.15) is 13.3 Å². The van der Waals surface area contributed by atoms with Crippen LogP contribution >= 0.6 is 0 Å². The Hall–Kier alpha value is -1.91. The molecule has 0 amide bonds. The highest BCUT2D eigenvalue weighted by Gasteiger charge is 2.15. The molecule has 2 N–H and O–H groups in total. The van der Waals surface area contributed by atoms with Crippen molar-refractivity contribution < 1.29 is 9.47 Å². The normalized spacial score (nSPS) is 13.3. The van der Waals surface area contributed by atoms with E-state index in [0.29, 0.717) is 6.79 Å². The van der Waals surface area contributed by atoms with Crippen LogP contribution < -0.4 is 14.8 Å². The lowest BCUT2D eigenvalue weighted by molar-refractivity contribution is 0.174. The molecular weight excluding hydrogens is 206 g/mol. The lowest BCUT2D eigenvalue weighted by Crippen LogP contribution is -2.00. The predicted octanol–water partition coefficient (Wildman–Crippen LogP) is 2.11. The van der Waals surface area contributed by atoms with Crippen LogP contribution in [0.3, 0.4) is 0 Å². The van der Waals surface area contributed by atoms with Crippen molar-refractivity contribution in [2.45, 2.75) is 13.3 Å². The van der Waals surface area contributed by atoms with E-state index in [1.54, 1.807) is 0 Å². The number of H-pyrrole nitrogens is 1. The van der Waals surface area contributed by atoms with Gasteiger partial charge in [-0.25, -0.2) is 4.98 Å². The van der Waals surface area contributed by atoms with E-state index in [4.69, 9.17) is 9.47 Å². The van der Waals surface area contributed by atoms with Gasteiger partial charge >= 0.3 is 0 Å². The van der Waals surface area contributed by atoms with Crippen molar-refractivity contribution in [3.63, 3.8) is 0 Å². The monoisotopic (exact) mass is 219 g/mol. The minimum absolute atomic E-state index is 0.295. The lowest BCUT2D eigenvalue weighted by Gasteiger charge is -1.96. The highest BCUT2D eigenvalue weighted by molar-refractivity contribution is 5.81. The molecule has 16 heavy (non-hydrogen) atoms. The van der Waals surface area contributed by atoms with Crippen molar-refractivity contribution in [1.29, 1.82) is 0 Å². The number of hydrogen-bond donors (Lipinski definition) is 2. The molecular formula is C11H13N3O2. The third-order valence-corrected chi connectivity index (χ3v) is 2.52. The molecule has 2 heterocycles. The number of benzene rings is 1. The summed E-state index contributed by atoms with van der Waals surface area (Å²) < 4.78 is 10.6. The summed E-state index contributed by atoms with van der Waals surface area (Å²) in [4.78, 5) is 7.63. The van der Waals surface area contributed by atoms with Crippen LogP contribution in [0.25, 0.3) is 11.0 Å². The fraction of sp³-hybridized carbons (Fsp3) is 0.364. The second-order valence-corrected chi connectivity index (χ2v) is 3.73. The van der Waals surface area contributed by atoms with Gasteiger partial charge in [-0.1, -0.05) is 6.92 Å². The van der Waals surface area contributed by atoms with Crippen LogP contribution in [-0.4, -0.2) is 23.3 Å². The summed E-state index contributed by atoms with van der Waals surface area (Å²) in [6.07, 6.45) is 1.07. The molecule has 0 unspecified atom stereocenters. The van der Waals surface area contributed by atoms with Gasteiger partial charge in [-0.3, -0.25) is 0 Å². The zero-order valence-corrected chi connectivity index (χ0v) is 9.04. The summed E-state index contributed by atoms with van der Waals surface area (Å²) in [7, 11) is 0. The van der Waals surface area contributed by atoms with Gasteiger partial charge in [-0.05, 0) is 6.42 Å². The minimum Gasteiger partial charge on any atom is -0.454 e. The maximum Gasteiger partial charge on any atom is 0.231 e. The highest BCUT2D eigenvalue weighted by atomic mass is 16.7. The zero-order chi connectivity index (χ0) is 11.0. The molecule has 3 rings (SSSR count). The number of ether oxygens (including phenoxy) is 2. The number of aromatic amines is 1. The van der Waals surface area contributed by atoms with E-state index >= 15 is 0 Å². The number of imidazole rings is 1. The van der Waals surface area contributed by atoms with Gasteiger partial charge in [-0.15, -0.1) is 0 Å². The van der Waals surface area contributed by atoms with E-state index in [-0.39, 0.29) is 0 Å². The van der Waals surface area contributed by atoms with E-state index in [1.165, 1.54) is 0 Å². The van der Waals surface area contributed by atoms with Crippen molar-refractivity contribution >= 4 is 17.0 Å². The van der Waals surface area contributed by atoms with E-state index in [1.807, 2.05) is 12.1 Å². The third kappa shape index (κ3) is 1.44. The second kappa shape index (κ2) is 3.59. The Labute approximate surface area is 92.8 Å². The Morgan fingerprint density at radius 3 is 3.00 bits per heavy atom. The third-order valence-electron chi connectivity index (χ3n) is 2.52. The van der Waals surface area contributed by atoms with Gasteiger partial charge in [0.2, 0.25) is 12.7 Å². The van der Waals surface area contributed by atoms with Gasteiger partial charge in [0, 0.05) is 18.7 Å². The van der Waals surface area contributed by atoms with E-state index in [0.717, 1.165) is 41.4 Å². The first-order valence-electron chi connectivity index (χ1n) is 5.40. The van der Waals surface area contributed by atoms with Gasteiger partial charge in [0.15, 0.2) is 11.5 Å². The van der Waals surface area contributed by atoms with Gasteiger partial charge in [0.25, 0.3) is 0 Å². The largest absolute Gasteiger partial charge is 0.454 e. The average molecular weight is 219 g/mol. The molecule has 1 aromatic heterocycles. The molecule has 1 aliphatic heterocycles. The number of hydrogen-bond acceptors (Lipinski definition) is 4. The first-order chi connectivity index (χ1) is 7.86. The van der Waals surface area contributed by atoms with Crippen LogP contribution in [0.4, 0.5) is 5.95 Å². The standard InChI is InChI=1S/C11H13N3O2/c1-2-3-12-11-13-7-4-9-10(16-6-15-9)5-8(7)14-11/h4-5H,2-3,6H2,1H3,(H2,12,13,14). The van der Waals surface area contributed by atoms with Crippen molar-refractivity contribution in [2.24, 2.45) is 0 Å². The maximum absolute atomic E-state index is 5.31. The number of nitrogens with zero attached hydrogens (tertiary/aromatic N) is 1. The van der Waals surface area contributed by atoms with Gasteiger partial charge in [0.1, 0.15) is 0 Å². The number of rotatable bonds is 3. The Morgan fingerprint density at radius 2 is 2.19 bits per heavy atom. The number of nitrogens with one attached hydrogen (secondary N) is 2. The van der Waals surface area contributed by atoms with Gasteiger partial charge < -0.3 is 19.8 Å². The first-order valence-corrected chi connectivity index (χ1v) is 5.40. The molecule has 0 saturated carbocycles. The summed E-state index contributed by atoms with van der Waals surface area (Å²) in [6, 6.07) is 3.81. The summed E-state index contributed by atoms with van der Waals surface area (Å²) in [5.74, 6) is 2.33. The lowest BCUT2D eigenvalue weighted by atomic mass is 10.3. The van der Waals surface area contributed by atoms with Crippen LogP contribution in [0, 0.1) is 0 Å².